The maximum atomic E-state index is 4.24. The maximum absolute atomic E-state index is 4.24. The van der Waals surface area contributed by atoms with Crippen LogP contribution in [0, 0.1) is 0 Å². The van der Waals surface area contributed by atoms with Gasteiger partial charge in [0.05, 0.1) is 5.69 Å². The predicted molar refractivity (Wildman–Crippen MR) is 64.3 cm³/mol. The van der Waals surface area contributed by atoms with Crippen molar-refractivity contribution in [2.45, 2.75) is 19.4 Å². The van der Waals surface area contributed by atoms with E-state index in [2.05, 4.69) is 27.4 Å². The summed E-state index contributed by atoms with van der Waals surface area (Å²) in [5, 5.41) is 11.8. The van der Waals surface area contributed by atoms with Crippen LogP contribution in [0.3, 0.4) is 0 Å². The lowest BCUT2D eigenvalue weighted by Gasteiger charge is -2.13. The molecule has 0 saturated heterocycles. The van der Waals surface area contributed by atoms with Crippen LogP contribution < -0.4 is 5.32 Å². The number of nitrogens with zero attached hydrogens (tertiary/aromatic N) is 5. The summed E-state index contributed by atoms with van der Waals surface area (Å²) < 4.78 is 3.61. The second-order valence-electron chi connectivity index (χ2n) is 4.14. The molecule has 2 aromatic heterocycles. The van der Waals surface area contributed by atoms with Gasteiger partial charge in [-0.3, -0.25) is 9.36 Å². The largest absolute Gasteiger partial charge is 0.308 e. The summed E-state index contributed by atoms with van der Waals surface area (Å²) in [6, 6.07) is 2.31. The molecule has 0 aliphatic heterocycles. The first kappa shape index (κ1) is 11.8. The average molecular weight is 234 g/mol. The van der Waals surface area contributed by atoms with Crippen LogP contribution in [0.5, 0.6) is 0 Å². The molecule has 1 unspecified atom stereocenters. The predicted octanol–water partition coefficient (Wildman–Crippen LogP) is 0.442. The highest BCUT2D eigenvalue weighted by molar-refractivity contribution is 5.05. The van der Waals surface area contributed by atoms with Crippen molar-refractivity contribution in [1.82, 2.24) is 29.9 Å². The molecule has 17 heavy (non-hydrogen) atoms. The van der Waals surface area contributed by atoms with E-state index in [-0.39, 0.29) is 6.04 Å². The molecule has 0 bridgehead atoms. The van der Waals surface area contributed by atoms with E-state index in [9.17, 15) is 0 Å². The van der Waals surface area contributed by atoms with Gasteiger partial charge in [0.25, 0.3) is 0 Å². The molecular formula is C11H18N6. The third kappa shape index (κ3) is 2.91. The van der Waals surface area contributed by atoms with Crippen LogP contribution in [0.1, 0.15) is 24.5 Å². The Bertz CT molecular complexity index is 472. The van der Waals surface area contributed by atoms with Crippen LogP contribution in [0.2, 0.25) is 0 Å². The SMILES string of the molecule is CC(NCCc1ncn(C)n1)c1ccnn1C. The van der Waals surface area contributed by atoms with Crippen LogP contribution in [0.25, 0.3) is 0 Å². The van der Waals surface area contributed by atoms with Crippen molar-refractivity contribution in [2.24, 2.45) is 14.1 Å². The summed E-state index contributed by atoms with van der Waals surface area (Å²) in [7, 11) is 3.83. The van der Waals surface area contributed by atoms with E-state index in [0.29, 0.717) is 0 Å². The zero-order valence-electron chi connectivity index (χ0n) is 10.5. The van der Waals surface area contributed by atoms with Crippen LogP contribution in [-0.4, -0.2) is 31.1 Å². The molecule has 0 radical (unpaired) electrons. The molecule has 0 spiro atoms. The van der Waals surface area contributed by atoms with Crippen LogP contribution >= 0.6 is 0 Å². The number of hydrogen-bond donors (Lipinski definition) is 1. The van der Waals surface area contributed by atoms with Crippen molar-refractivity contribution in [2.75, 3.05) is 6.54 Å². The first-order chi connectivity index (χ1) is 8.16. The zero-order chi connectivity index (χ0) is 12.3. The second kappa shape index (κ2) is 5.09. The lowest BCUT2D eigenvalue weighted by molar-refractivity contribution is 0.528. The molecule has 0 aliphatic rings. The van der Waals surface area contributed by atoms with Gasteiger partial charge in [0, 0.05) is 39.3 Å². The summed E-state index contributed by atoms with van der Waals surface area (Å²) in [6.07, 6.45) is 4.37. The van der Waals surface area contributed by atoms with Crippen molar-refractivity contribution in [3.05, 3.63) is 30.1 Å². The van der Waals surface area contributed by atoms with Gasteiger partial charge in [-0.2, -0.15) is 10.2 Å². The minimum Gasteiger partial charge on any atom is -0.308 e. The van der Waals surface area contributed by atoms with E-state index in [4.69, 9.17) is 0 Å². The molecular weight excluding hydrogens is 216 g/mol. The van der Waals surface area contributed by atoms with Gasteiger partial charge < -0.3 is 5.32 Å². The van der Waals surface area contributed by atoms with E-state index in [1.807, 2.05) is 31.0 Å². The van der Waals surface area contributed by atoms with Crippen LogP contribution in [0.4, 0.5) is 0 Å². The average Bonchev–Trinajstić information content (AvgIpc) is 2.87. The van der Waals surface area contributed by atoms with E-state index >= 15 is 0 Å². The van der Waals surface area contributed by atoms with Crippen LogP contribution in [0.15, 0.2) is 18.6 Å². The Labute approximate surface area is 101 Å². The molecule has 0 fully saturated rings. The van der Waals surface area contributed by atoms with Gasteiger partial charge in [0.1, 0.15) is 6.33 Å². The molecule has 6 heteroatoms. The molecule has 92 valence electrons. The van der Waals surface area contributed by atoms with Crippen molar-refractivity contribution < 1.29 is 0 Å². The van der Waals surface area contributed by atoms with E-state index in [0.717, 1.165) is 18.8 Å². The first-order valence-corrected chi connectivity index (χ1v) is 5.72. The summed E-state index contributed by atoms with van der Waals surface area (Å²) in [5.41, 5.74) is 1.18. The summed E-state index contributed by atoms with van der Waals surface area (Å²) >= 11 is 0. The lowest BCUT2D eigenvalue weighted by Crippen LogP contribution is -2.23. The fourth-order valence-corrected chi connectivity index (χ4v) is 1.81. The Morgan fingerprint density at radius 1 is 1.41 bits per heavy atom. The highest BCUT2D eigenvalue weighted by Gasteiger charge is 2.08. The fourth-order valence-electron chi connectivity index (χ4n) is 1.81. The molecule has 1 atom stereocenters. The Kier molecular flexibility index (Phi) is 3.53. The molecule has 0 aromatic carbocycles. The van der Waals surface area contributed by atoms with E-state index in [1.165, 1.54) is 5.69 Å². The highest BCUT2D eigenvalue weighted by Crippen LogP contribution is 2.09. The van der Waals surface area contributed by atoms with E-state index in [1.54, 1.807) is 11.0 Å². The maximum Gasteiger partial charge on any atom is 0.151 e. The van der Waals surface area contributed by atoms with Crippen molar-refractivity contribution in [3.8, 4) is 0 Å². The molecule has 6 nitrogen and oxygen atoms in total. The summed E-state index contributed by atoms with van der Waals surface area (Å²) in [4.78, 5) is 4.19. The molecule has 2 aromatic rings. The lowest BCUT2D eigenvalue weighted by atomic mass is 10.2. The van der Waals surface area contributed by atoms with Gasteiger partial charge in [-0.1, -0.05) is 0 Å². The van der Waals surface area contributed by atoms with Crippen molar-refractivity contribution >= 4 is 0 Å². The minimum atomic E-state index is 0.284. The number of hydrogen-bond acceptors (Lipinski definition) is 4. The summed E-state index contributed by atoms with van der Waals surface area (Å²) in [6.45, 7) is 2.99. The number of rotatable bonds is 5. The topological polar surface area (TPSA) is 60.6 Å². The molecule has 0 aliphatic carbocycles. The number of nitrogens with one attached hydrogen (secondary N) is 1. The van der Waals surface area contributed by atoms with E-state index < -0.39 is 0 Å². The molecule has 1 N–H and O–H groups in total. The molecule has 2 rings (SSSR count). The third-order valence-corrected chi connectivity index (χ3v) is 2.75. The number of aromatic nitrogens is 5. The molecule has 0 amide bonds. The highest BCUT2D eigenvalue weighted by atomic mass is 15.3. The summed E-state index contributed by atoms with van der Waals surface area (Å²) in [5.74, 6) is 0.872. The zero-order valence-corrected chi connectivity index (χ0v) is 10.5. The first-order valence-electron chi connectivity index (χ1n) is 5.72. The van der Waals surface area contributed by atoms with Gasteiger partial charge in [-0.05, 0) is 13.0 Å². The second-order valence-corrected chi connectivity index (χ2v) is 4.14. The third-order valence-electron chi connectivity index (χ3n) is 2.75. The Balaban J connectivity index is 1.81. The Morgan fingerprint density at radius 3 is 2.82 bits per heavy atom. The molecule has 0 saturated carbocycles. The van der Waals surface area contributed by atoms with Gasteiger partial charge in [-0.15, -0.1) is 0 Å². The Morgan fingerprint density at radius 2 is 2.24 bits per heavy atom. The van der Waals surface area contributed by atoms with Gasteiger partial charge >= 0.3 is 0 Å². The van der Waals surface area contributed by atoms with Gasteiger partial charge in [0.2, 0.25) is 0 Å². The normalized spacial score (nSPS) is 12.9. The monoisotopic (exact) mass is 234 g/mol. The molecule has 2 heterocycles. The van der Waals surface area contributed by atoms with Crippen LogP contribution in [-0.2, 0) is 20.5 Å². The van der Waals surface area contributed by atoms with Gasteiger partial charge in [0.15, 0.2) is 5.82 Å². The Hall–Kier alpha value is -1.69. The standard InChI is InChI=1S/C11H18N6/c1-9(10-4-7-14-17(10)3)12-6-5-11-13-8-16(2)15-11/h4,7-9,12H,5-6H2,1-3H3. The fraction of sp³-hybridized carbons (Fsp3) is 0.545. The number of aryl methyl sites for hydroxylation is 2. The smallest absolute Gasteiger partial charge is 0.151 e. The van der Waals surface area contributed by atoms with Gasteiger partial charge in [-0.25, -0.2) is 4.98 Å². The van der Waals surface area contributed by atoms with Crippen molar-refractivity contribution in [1.29, 1.82) is 0 Å². The minimum absolute atomic E-state index is 0.284. The quantitative estimate of drug-likeness (QED) is 0.815. The van der Waals surface area contributed by atoms with Crippen molar-refractivity contribution in [3.63, 3.8) is 0 Å².